The summed E-state index contributed by atoms with van der Waals surface area (Å²) < 4.78 is 6.52. The maximum atomic E-state index is 12.7. The van der Waals surface area contributed by atoms with E-state index in [0.717, 1.165) is 0 Å². The van der Waals surface area contributed by atoms with E-state index in [1.165, 1.54) is 24.2 Å². The van der Waals surface area contributed by atoms with E-state index in [9.17, 15) is 9.59 Å². The van der Waals surface area contributed by atoms with Gasteiger partial charge in [0.15, 0.2) is 0 Å². The molecule has 0 bridgehead atoms. The minimum Gasteiger partial charge on any atom is -0.495 e. The van der Waals surface area contributed by atoms with Crippen LogP contribution in [-0.2, 0) is 0 Å². The maximum absolute atomic E-state index is 12.7. The Bertz CT molecular complexity index is 1060. The summed E-state index contributed by atoms with van der Waals surface area (Å²) in [5, 5.41) is 7.27. The van der Waals surface area contributed by atoms with Gasteiger partial charge in [0.1, 0.15) is 5.75 Å². The minimum atomic E-state index is -0.421. The van der Waals surface area contributed by atoms with Crippen molar-refractivity contribution in [2.24, 2.45) is 5.10 Å². The van der Waals surface area contributed by atoms with Gasteiger partial charge in [-0.2, -0.15) is 5.10 Å². The zero-order valence-corrected chi connectivity index (χ0v) is 15.3. The fraction of sp³-hybridized carbons (Fsp3) is 0.111. The molecule has 2 heterocycles. The van der Waals surface area contributed by atoms with Crippen molar-refractivity contribution in [2.45, 2.75) is 6.92 Å². The molecule has 3 aromatic rings. The SMILES string of the molecule is COc1cc(-n2[nH]c(C)c(C=NNC(=O)c3cccnc3)c2=O)ccc1Cl. The first kappa shape index (κ1) is 18.4. The Morgan fingerprint density at radius 1 is 1.41 bits per heavy atom. The number of aromatic nitrogens is 3. The predicted molar refractivity (Wildman–Crippen MR) is 102 cm³/mol. The molecule has 2 N–H and O–H groups in total. The van der Waals surface area contributed by atoms with Gasteiger partial charge < -0.3 is 4.74 Å². The summed E-state index contributed by atoms with van der Waals surface area (Å²) in [6.07, 6.45) is 4.29. The molecule has 0 spiro atoms. The van der Waals surface area contributed by atoms with Crippen molar-refractivity contribution < 1.29 is 9.53 Å². The summed E-state index contributed by atoms with van der Waals surface area (Å²) in [7, 11) is 1.50. The Kier molecular flexibility index (Phi) is 5.37. The van der Waals surface area contributed by atoms with E-state index in [0.29, 0.717) is 33.3 Å². The molecule has 138 valence electrons. The Labute approximate surface area is 159 Å². The smallest absolute Gasteiger partial charge is 0.280 e. The number of H-pyrrole nitrogens is 1. The van der Waals surface area contributed by atoms with E-state index in [4.69, 9.17) is 16.3 Å². The number of hydrazone groups is 1. The number of carbonyl (C=O) groups is 1. The number of benzene rings is 1. The Morgan fingerprint density at radius 2 is 2.22 bits per heavy atom. The van der Waals surface area contributed by atoms with Crippen molar-refractivity contribution in [1.29, 1.82) is 0 Å². The van der Waals surface area contributed by atoms with Crippen LogP contribution in [0.15, 0.2) is 52.6 Å². The first-order valence-corrected chi connectivity index (χ1v) is 8.28. The molecule has 0 unspecified atom stereocenters. The zero-order valence-electron chi connectivity index (χ0n) is 14.6. The van der Waals surface area contributed by atoms with Gasteiger partial charge in [-0.3, -0.25) is 19.7 Å². The van der Waals surface area contributed by atoms with E-state index in [1.807, 2.05) is 0 Å². The molecule has 2 aromatic heterocycles. The molecule has 0 aliphatic heterocycles. The number of pyridine rings is 1. The quantitative estimate of drug-likeness (QED) is 0.519. The third-order valence-electron chi connectivity index (χ3n) is 3.79. The number of amides is 1. The molecule has 27 heavy (non-hydrogen) atoms. The third kappa shape index (κ3) is 3.90. The maximum Gasteiger partial charge on any atom is 0.280 e. The molecular formula is C18H16ClN5O3. The number of nitrogens with one attached hydrogen (secondary N) is 2. The number of methoxy groups -OCH3 is 1. The van der Waals surface area contributed by atoms with Crippen LogP contribution in [0.4, 0.5) is 0 Å². The minimum absolute atomic E-state index is 0.315. The highest BCUT2D eigenvalue weighted by Gasteiger charge is 2.12. The van der Waals surface area contributed by atoms with Gasteiger partial charge >= 0.3 is 0 Å². The van der Waals surface area contributed by atoms with E-state index in [-0.39, 0.29) is 5.56 Å². The van der Waals surface area contributed by atoms with Crippen LogP contribution < -0.4 is 15.7 Å². The molecule has 0 saturated carbocycles. The topological polar surface area (TPSA) is 101 Å². The molecule has 9 heteroatoms. The highest BCUT2D eigenvalue weighted by atomic mass is 35.5. The predicted octanol–water partition coefficient (Wildman–Crippen LogP) is 2.29. The lowest BCUT2D eigenvalue weighted by Gasteiger charge is -2.06. The number of hydrogen-bond donors (Lipinski definition) is 2. The monoisotopic (exact) mass is 385 g/mol. The third-order valence-corrected chi connectivity index (χ3v) is 4.11. The number of halogens is 1. The first-order valence-electron chi connectivity index (χ1n) is 7.90. The van der Waals surface area contributed by atoms with Gasteiger partial charge in [0.2, 0.25) is 0 Å². The summed E-state index contributed by atoms with van der Waals surface area (Å²) in [6.45, 7) is 1.73. The Hall–Kier alpha value is -3.39. The molecule has 1 aromatic carbocycles. The second-order valence-electron chi connectivity index (χ2n) is 5.55. The van der Waals surface area contributed by atoms with Crippen molar-refractivity contribution in [3.63, 3.8) is 0 Å². The van der Waals surface area contributed by atoms with Crippen LogP contribution >= 0.6 is 11.6 Å². The van der Waals surface area contributed by atoms with Crippen LogP contribution in [0.3, 0.4) is 0 Å². The van der Waals surface area contributed by atoms with Crippen molar-refractivity contribution in [3.05, 3.63) is 74.9 Å². The van der Waals surface area contributed by atoms with E-state index < -0.39 is 5.91 Å². The average Bonchev–Trinajstić information content (AvgIpc) is 2.97. The van der Waals surface area contributed by atoms with Crippen molar-refractivity contribution in [2.75, 3.05) is 7.11 Å². The molecule has 0 saturated heterocycles. The van der Waals surface area contributed by atoms with E-state index in [1.54, 1.807) is 43.5 Å². The van der Waals surface area contributed by atoms with Gasteiger partial charge in [-0.25, -0.2) is 10.1 Å². The molecule has 8 nitrogen and oxygen atoms in total. The Balaban J connectivity index is 1.84. The highest BCUT2D eigenvalue weighted by molar-refractivity contribution is 6.32. The molecule has 0 aliphatic rings. The number of aromatic amines is 1. The largest absolute Gasteiger partial charge is 0.495 e. The lowest BCUT2D eigenvalue weighted by Crippen LogP contribution is -2.20. The molecule has 0 fully saturated rings. The van der Waals surface area contributed by atoms with Crippen molar-refractivity contribution >= 4 is 23.7 Å². The van der Waals surface area contributed by atoms with Crippen LogP contribution in [0.25, 0.3) is 5.69 Å². The van der Waals surface area contributed by atoms with Crippen LogP contribution in [0.5, 0.6) is 5.75 Å². The lowest BCUT2D eigenvalue weighted by molar-refractivity contribution is 0.0955. The number of hydrogen-bond acceptors (Lipinski definition) is 5. The first-order chi connectivity index (χ1) is 13.0. The average molecular weight is 386 g/mol. The number of aryl methyl sites for hydroxylation is 1. The molecule has 0 radical (unpaired) electrons. The van der Waals surface area contributed by atoms with Crippen molar-refractivity contribution in [1.82, 2.24) is 20.2 Å². The van der Waals surface area contributed by atoms with Gasteiger partial charge in [-0.05, 0) is 31.2 Å². The van der Waals surface area contributed by atoms with Crippen LogP contribution in [0.1, 0.15) is 21.6 Å². The summed E-state index contributed by atoms with van der Waals surface area (Å²) in [5.74, 6) is 0.0302. The van der Waals surface area contributed by atoms with Gasteiger partial charge in [-0.15, -0.1) is 0 Å². The normalized spacial score (nSPS) is 10.9. The fourth-order valence-electron chi connectivity index (χ4n) is 2.40. The molecule has 3 rings (SSSR count). The van der Waals surface area contributed by atoms with E-state index >= 15 is 0 Å². The van der Waals surface area contributed by atoms with Gasteiger partial charge in [-0.1, -0.05) is 11.6 Å². The Morgan fingerprint density at radius 3 is 2.93 bits per heavy atom. The number of ether oxygens (including phenoxy) is 1. The number of rotatable bonds is 5. The molecule has 0 atom stereocenters. The van der Waals surface area contributed by atoms with Crippen LogP contribution in [-0.4, -0.2) is 34.0 Å². The number of carbonyl (C=O) groups excluding carboxylic acids is 1. The second kappa shape index (κ2) is 7.88. The summed E-state index contributed by atoms with van der Waals surface area (Å²) in [6, 6.07) is 8.23. The van der Waals surface area contributed by atoms with Gasteiger partial charge in [0, 0.05) is 24.2 Å². The van der Waals surface area contributed by atoms with E-state index in [2.05, 4.69) is 20.6 Å². The summed E-state index contributed by atoms with van der Waals surface area (Å²) in [4.78, 5) is 28.5. The van der Waals surface area contributed by atoms with Gasteiger partial charge in [0.05, 0.1) is 35.2 Å². The molecular weight excluding hydrogens is 370 g/mol. The zero-order chi connectivity index (χ0) is 19.4. The lowest BCUT2D eigenvalue weighted by atomic mass is 10.3. The second-order valence-corrected chi connectivity index (χ2v) is 5.96. The number of nitrogens with zero attached hydrogens (tertiary/aromatic N) is 3. The van der Waals surface area contributed by atoms with Crippen LogP contribution in [0.2, 0.25) is 5.02 Å². The fourth-order valence-corrected chi connectivity index (χ4v) is 2.59. The standard InChI is InChI=1S/C18H16ClN5O3/c1-11-14(10-21-22-17(25)12-4-3-7-20-9-12)18(26)24(23-11)13-5-6-15(19)16(8-13)27-2/h3-10,23H,1-2H3,(H,22,25). The van der Waals surface area contributed by atoms with Gasteiger partial charge in [0.25, 0.3) is 11.5 Å². The van der Waals surface area contributed by atoms with Crippen molar-refractivity contribution in [3.8, 4) is 11.4 Å². The van der Waals surface area contributed by atoms with Crippen LogP contribution in [0, 0.1) is 6.92 Å². The highest BCUT2D eigenvalue weighted by Crippen LogP contribution is 2.26. The summed E-state index contributed by atoms with van der Waals surface area (Å²) in [5.41, 5.74) is 3.88. The summed E-state index contributed by atoms with van der Waals surface area (Å²) >= 11 is 6.02. The molecule has 1 amide bonds. The molecule has 0 aliphatic carbocycles.